The molecule has 2 rings (SSSR count). The third kappa shape index (κ3) is 1.74. The van der Waals surface area contributed by atoms with E-state index in [2.05, 4.69) is 19.9 Å². The van der Waals surface area contributed by atoms with E-state index in [0.29, 0.717) is 11.5 Å². The Hall–Kier alpha value is -2.11. The van der Waals surface area contributed by atoms with Crippen molar-refractivity contribution in [3.63, 3.8) is 0 Å². The number of anilines is 1. The predicted molar refractivity (Wildman–Crippen MR) is 52.2 cm³/mol. The standard InChI is InChI=1S/C9H8FN5/c1-5-7(10)8(11)15-9(14-5)6-2-3-12-4-13-6/h2-4H,1H3,(H2,11,14,15). The second-order valence-corrected chi connectivity index (χ2v) is 2.93. The van der Waals surface area contributed by atoms with Gasteiger partial charge in [0.05, 0.1) is 5.69 Å². The maximum Gasteiger partial charge on any atom is 0.186 e. The van der Waals surface area contributed by atoms with Gasteiger partial charge in [-0.25, -0.2) is 24.3 Å². The number of hydrogen-bond acceptors (Lipinski definition) is 5. The summed E-state index contributed by atoms with van der Waals surface area (Å²) in [7, 11) is 0. The highest BCUT2D eigenvalue weighted by Crippen LogP contribution is 2.16. The molecule has 2 aromatic rings. The molecule has 2 N–H and O–H groups in total. The predicted octanol–water partition coefficient (Wildman–Crippen LogP) is 0.963. The van der Waals surface area contributed by atoms with Crippen molar-refractivity contribution >= 4 is 5.82 Å². The van der Waals surface area contributed by atoms with Crippen LogP contribution in [0.25, 0.3) is 11.5 Å². The summed E-state index contributed by atoms with van der Waals surface area (Å²) in [5.74, 6) is -0.460. The van der Waals surface area contributed by atoms with Crippen LogP contribution in [0.2, 0.25) is 0 Å². The van der Waals surface area contributed by atoms with Crippen LogP contribution < -0.4 is 5.73 Å². The van der Waals surface area contributed by atoms with Gasteiger partial charge in [0.25, 0.3) is 0 Å². The molecule has 2 heterocycles. The molecule has 0 bridgehead atoms. The molecule has 0 saturated heterocycles. The summed E-state index contributed by atoms with van der Waals surface area (Å²) in [6.45, 7) is 1.53. The molecule has 15 heavy (non-hydrogen) atoms. The molecule has 0 atom stereocenters. The Morgan fingerprint density at radius 2 is 2.13 bits per heavy atom. The highest BCUT2D eigenvalue weighted by molar-refractivity contribution is 5.51. The van der Waals surface area contributed by atoms with Gasteiger partial charge in [-0.05, 0) is 13.0 Å². The van der Waals surface area contributed by atoms with Crippen LogP contribution in [0.1, 0.15) is 5.69 Å². The minimum Gasteiger partial charge on any atom is -0.381 e. The first-order valence-corrected chi connectivity index (χ1v) is 4.24. The van der Waals surface area contributed by atoms with Gasteiger partial charge in [0.2, 0.25) is 0 Å². The average Bonchev–Trinajstić information content (AvgIpc) is 2.26. The van der Waals surface area contributed by atoms with Crippen molar-refractivity contribution < 1.29 is 4.39 Å². The fourth-order valence-electron chi connectivity index (χ4n) is 1.12. The fourth-order valence-corrected chi connectivity index (χ4v) is 1.12. The number of aromatic nitrogens is 4. The maximum atomic E-state index is 13.1. The molecule has 2 aromatic heterocycles. The van der Waals surface area contributed by atoms with Crippen LogP contribution in [0.15, 0.2) is 18.6 Å². The normalized spacial score (nSPS) is 10.3. The fraction of sp³-hybridized carbons (Fsp3) is 0.111. The SMILES string of the molecule is Cc1nc(-c2ccncn2)nc(N)c1F. The summed E-state index contributed by atoms with van der Waals surface area (Å²) in [6.07, 6.45) is 2.92. The van der Waals surface area contributed by atoms with Gasteiger partial charge in [-0.15, -0.1) is 0 Å². The molecule has 5 nitrogen and oxygen atoms in total. The van der Waals surface area contributed by atoms with Crippen molar-refractivity contribution in [3.8, 4) is 11.5 Å². The van der Waals surface area contributed by atoms with E-state index in [1.54, 1.807) is 12.3 Å². The molecule has 0 radical (unpaired) electrons. The number of aryl methyl sites for hydroxylation is 1. The lowest BCUT2D eigenvalue weighted by Gasteiger charge is -2.03. The zero-order chi connectivity index (χ0) is 10.8. The van der Waals surface area contributed by atoms with Gasteiger partial charge >= 0.3 is 0 Å². The van der Waals surface area contributed by atoms with Crippen LogP contribution in [0, 0.1) is 12.7 Å². The molecule has 0 spiro atoms. The zero-order valence-corrected chi connectivity index (χ0v) is 7.98. The second kappa shape index (κ2) is 3.56. The Kier molecular flexibility index (Phi) is 2.24. The van der Waals surface area contributed by atoms with Crippen LogP contribution in [0.5, 0.6) is 0 Å². The minimum atomic E-state index is -0.590. The summed E-state index contributed by atoms with van der Waals surface area (Å²) in [6, 6.07) is 1.63. The first-order chi connectivity index (χ1) is 7.18. The van der Waals surface area contributed by atoms with E-state index in [9.17, 15) is 4.39 Å². The Bertz CT molecular complexity index is 462. The maximum absolute atomic E-state index is 13.1. The molecule has 0 amide bonds. The number of rotatable bonds is 1. The quantitative estimate of drug-likeness (QED) is 0.750. The highest BCUT2D eigenvalue weighted by Gasteiger charge is 2.10. The molecule has 0 aliphatic carbocycles. The van der Waals surface area contributed by atoms with Crippen molar-refractivity contribution in [2.24, 2.45) is 0 Å². The molecule has 0 saturated carbocycles. The molecule has 6 heteroatoms. The Morgan fingerprint density at radius 3 is 2.73 bits per heavy atom. The molecule has 0 aliphatic rings. The molecule has 76 valence electrons. The van der Waals surface area contributed by atoms with Gasteiger partial charge in [0.1, 0.15) is 12.0 Å². The van der Waals surface area contributed by atoms with E-state index in [-0.39, 0.29) is 11.5 Å². The summed E-state index contributed by atoms with van der Waals surface area (Å²) in [5, 5.41) is 0. The van der Waals surface area contributed by atoms with Crippen molar-refractivity contribution in [1.29, 1.82) is 0 Å². The van der Waals surface area contributed by atoms with E-state index < -0.39 is 5.82 Å². The van der Waals surface area contributed by atoms with Gasteiger partial charge in [-0.3, -0.25) is 0 Å². The zero-order valence-electron chi connectivity index (χ0n) is 7.98. The number of hydrogen-bond donors (Lipinski definition) is 1. The smallest absolute Gasteiger partial charge is 0.186 e. The average molecular weight is 205 g/mol. The number of nitrogen functional groups attached to an aromatic ring is 1. The van der Waals surface area contributed by atoms with Crippen molar-refractivity contribution in [3.05, 3.63) is 30.1 Å². The van der Waals surface area contributed by atoms with Gasteiger partial charge < -0.3 is 5.73 Å². The molecule has 0 unspecified atom stereocenters. The molecular weight excluding hydrogens is 197 g/mol. The lowest BCUT2D eigenvalue weighted by Crippen LogP contribution is -2.03. The third-order valence-corrected chi connectivity index (χ3v) is 1.85. The largest absolute Gasteiger partial charge is 0.381 e. The van der Waals surface area contributed by atoms with Crippen LogP contribution in [-0.2, 0) is 0 Å². The number of halogens is 1. The van der Waals surface area contributed by atoms with Gasteiger partial charge in [-0.2, -0.15) is 0 Å². The molecular formula is C9H8FN5. The number of nitrogens with zero attached hydrogens (tertiary/aromatic N) is 4. The minimum absolute atomic E-state index is 0.170. The Morgan fingerprint density at radius 1 is 1.33 bits per heavy atom. The van der Waals surface area contributed by atoms with Gasteiger partial charge in [-0.1, -0.05) is 0 Å². The van der Waals surface area contributed by atoms with E-state index in [4.69, 9.17) is 5.73 Å². The van der Waals surface area contributed by atoms with Crippen LogP contribution in [0.3, 0.4) is 0 Å². The third-order valence-electron chi connectivity index (χ3n) is 1.85. The second-order valence-electron chi connectivity index (χ2n) is 2.93. The topological polar surface area (TPSA) is 77.6 Å². The van der Waals surface area contributed by atoms with E-state index in [0.717, 1.165) is 0 Å². The lowest BCUT2D eigenvalue weighted by atomic mass is 10.3. The van der Waals surface area contributed by atoms with Crippen molar-refractivity contribution in [1.82, 2.24) is 19.9 Å². The Balaban J connectivity index is 2.56. The monoisotopic (exact) mass is 205 g/mol. The van der Waals surface area contributed by atoms with Crippen molar-refractivity contribution in [2.75, 3.05) is 5.73 Å². The van der Waals surface area contributed by atoms with Crippen LogP contribution >= 0.6 is 0 Å². The first kappa shape index (κ1) is 9.45. The van der Waals surface area contributed by atoms with Crippen molar-refractivity contribution in [2.45, 2.75) is 6.92 Å². The molecule has 0 aromatic carbocycles. The van der Waals surface area contributed by atoms with E-state index in [1.165, 1.54) is 13.3 Å². The number of nitrogens with two attached hydrogens (primary N) is 1. The summed E-state index contributed by atoms with van der Waals surface area (Å²) < 4.78 is 13.1. The molecule has 0 fully saturated rings. The van der Waals surface area contributed by atoms with E-state index in [1.807, 2.05) is 0 Å². The van der Waals surface area contributed by atoms with Crippen LogP contribution in [-0.4, -0.2) is 19.9 Å². The van der Waals surface area contributed by atoms with Gasteiger partial charge in [0, 0.05) is 6.20 Å². The summed E-state index contributed by atoms with van der Waals surface area (Å²) in [4.78, 5) is 15.5. The molecule has 0 aliphatic heterocycles. The van der Waals surface area contributed by atoms with Gasteiger partial charge in [0.15, 0.2) is 17.5 Å². The Labute approximate surface area is 85.2 Å². The highest BCUT2D eigenvalue weighted by atomic mass is 19.1. The summed E-state index contributed by atoms with van der Waals surface area (Å²) in [5.41, 5.74) is 6.11. The first-order valence-electron chi connectivity index (χ1n) is 4.24. The van der Waals surface area contributed by atoms with Crippen LogP contribution in [0.4, 0.5) is 10.2 Å². The lowest BCUT2D eigenvalue weighted by molar-refractivity contribution is 0.608. The summed E-state index contributed by atoms with van der Waals surface area (Å²) >= 11 is 0. The van der Waals surface area contributed by atoms with E-state index >= 15 is 0 Å².